The zero-order valence-electron chi connectivity index (χ0n) is 12.7. The maximum Gasteiger partial charge on any atom is 0.245 e. The predicted octanol–water partition coefficient (Wildman–Crippen LogP) is 0.605. The summed E-state index contributed by atoms with van der Waals surface area (Å²) in [6, 6.07) is -0.426. The van der Waals surface area contributed by atoms with E-state index in [1.54, 1.807) is 0 Å². The highest BCUT2D eigenvalue weighted by molar-refractivity contribution is 5.89. The Balaban J connectivity index is 2.71. The molecule has 110 valence electrons. The van der Waals surface area contributed by atoms with Crippen molar-refractivity contribution in [3.63, 3.8) is 0 Å². The van der Waals surface area contributed by atoms with Crippen LogP contribution in [0.5, 0.6) is 0 Å². The molecule has 1 saturated heterocycles. The lowest BCUT2D eigenvalue weighted by Gasteiger charge is -2.33. The van der Waals surface area contributed by atoms with Gasteiger partial charge in [-0.1, -0.05) is 34.6 Å². The molecule has 0 bridgehead atoms. The van der Waals surface area contributed by atoms with Gasteiger partial charge in [0, 0.05) is 31.6 Å². The molecule has 0 aromatic rings. The highest BCUT2D eigenvalue weighted by Crippen LogP contribution is 2.15. The summed E-state index contributed by atoms with van der Waals surface area (Å²) in [6.45, 7) is 12.6. The van der Waals surface area contributed by atoms with Gasteiger partial charge in [0.2, 0.25) is 11.8 Å². The Kier molecular flexibility index (Phi) is 5.35. The van der Waals surface area contributed by atoms with E-state index in [9.17, 15) is 9.59 Å². The normalized spacial score (nSPS) is 18.3. The van der Waals surface area contributed by atoms with Gasteiger partial charge in [-0.25, -0.2) is 0 Å². The smallest absolute Gasteiger partial charge is 0.245 e. The number of hydrogen-bond acceptors (Lipinski definition) is 3. The number of nitrogens with zero attached hydrogens (tertiary/aromatic N) is 1. The summed E-state index contributed by atoms with van der Waals surface area (Å²) in [7, 11) is 0. The molecule has 1 rings (SSSR count). The van der Waals surface area contributed by atoms with Crippen molar-refractivity contribution in [3.05, 3.63) is 0 Å². The Morgan fingerprint density at radius 1 is 1.16 bits per heavy atom. The third kappa shape index (κ3) is 4.49. The molecule has 1 aliphatic rings. The SMILES string of the molecule is CC(C)C(NC(=O)C(C)(C)C)C(=O)N1CCNCC1. The Morgan fingerprint density at radius 2 is 1.68 bits per heavy atom. The van der Waals surface area contributed by atoms with Crippen LogP contribution in [0.3, 0.4) is 0 Å². The van der Waals surface area contributed by atoms with Crippen LogP contribution in [-0.2, 0) is 9.59 Å². The summed E-state index contributed by atoms with van der Waals surface area (Å²) >= 11 is 0. The minimum Gasteiger partial charge on any atom is -0.344 e. The molecule has 0 radical (unpaired) electrons. The molecule has 1 unspecified atom stereocenters. The summed E-state index contributed by atoms with van der Waals surface area (Å²) in [5.41, 5.74) is -0.475. The molecule has 0 aliphatic carbocycles. The van der Waals surface area contributed by atoms with E-state index in [1.165, 1.54) is 0 Å². The number of amides is 2. The monoisotopic (exact) mass is 269 g/mol. The van der Waals surface area contributed by atoms with E-state index in [0.29, 0.717) is 13.1 Å². The van der Waals surface area contributed by atoms with E-state index in [-0.39, 0.29) is 17.7 Å². The molecule has 19 heavy (non-hydrogen) atoms. The lowest BCUT2D eigenvalue weighted by Crippen LogP contribution is -2.57. The van der Waals surface area contributed by atoms with Crippen molar-refractivity contribution in [2.75, 3.05) is 26.2 Å². The lowest BCUT2D eigenvalue weighted by molar-refractivity contribution is -0.140. The van der Waals surface area contributed by atoms with E-state index in [1.807, 2.05) is 39.5 Å². The van der Waals surface area contributed by atoms with Crippen molar-refractivity contribution >= 4 is 11.8 Å². The summed E-state index contributed by atoms with van der Waals surface area (Å²) in [5.74, 6) is 0.0532. The van der Waals surface area contributed by atoms with Crippen molar-refractivity contribution in [1.29, 1.82) is 0 Å². The van der Waals surface area contributed by atoms with Crippen LogP contribution in [0.4, 0.5) is 0 Å². The molecule has 0 spiro atoms. The average molecular weight is 269 g/mol. The second-order valence-electron chi connectivity index (χ2n) is 6.52. The van der Waals surface area contributed by atoms with E-state index in [2.05, 4.69) is 10.6 Å². The summed E-state index contributed by atoms with van der Waals surface area (Å²) in [6.07, 6.45) is 0. The molecule has 2 amide bonds. The van der Waals surface area contributed by atoms with E-state index in [0.717, 1.165) is 13.1 Å². The molecule has 1 heterocycles. The van der Waals surface area contributed by atoms with Crippen molar-refractivity contribution in [2.45, 2.75) is 40.7 Å². The van der Waals surface area contributed by atoms with Gasteiger partial charge in [0.05, 0.1) is 0 Å². The van der Waals surface area contributed by atoms with Crippen molar-refractivity contribution in [2.24, 2.45) is 11.3 Å². The van der Waals surface area contributed by atoms with Crippen molar-refractivity contribution in [3.8, 4) is 0 Å². The summed E-state index contributed by atoms with van der Waals surface area (Å²) in [5, 5.41) is 6.12. The molecule has 0 aromatic carbocycles. The molecular weight excluding hydrogens is 242 g/mol. The first-order valence-electron chi connectivity index (χ1n) is 7.04. The van der Waals surface area contributed by atoms with E-state index < -0.39 is 11.5 Å². The first-order valence-corrected chi connectivity index (χ1v) is 7.04. The van der Waals surface area contributed by atoms with Crippen LogP contribution in [0.15, 0.2) is 0 Å². The van der Waals surface area contributed by atoms with Gasteiger partial charge in [-0.15, -0.1) is 0 Å². The van der Waals surface area contributed by atoms with Crippen LogP contribution < -0.4 is 10.6 Å². The van der Waals surface area contributed by atoms with Gasteiger partial charge >= 0.3 is 0 Å². The fourth-order valence-electron chi connectivity index (χ4n) is 1.95. The van der Waals surface area contributed by atoms with Gasteiger partial charge in [-0.3, -0.25) is 9.59 Å². The molecule has 1 fully saturated rings. The van der Waals surface area contributed by atoms with Gasteiger partial charge in [-0.05, 0) is 5.92 Å². The standard InChI is InChI=1S/C14H27N3O2/c1-10(2)11(16-13(19)14(3,4)5)12(18)17-8-6-15-7-9-17/h10-11,15H,6-9H2,1-5H3,(H,16,19). The van der Waals surface area contributed by atoms with Gasteiger partial charge < -0.3 is 15.5 Å². The van der Waals surface area contributed by atoms with Gasteiger partial charge in [0.15, 0.2) is 0 Å². The number of nitrogens with one attached hydrogen (secondary N) is 2. The molecule has 5 heteroatoms. The number of rotatable bonds is 3. The third-order valence-corrected chi connectivity index (χ3v) is 3.33. The van der Waals surface area contributed by atoms with Crippen molar-refractivity contribution in [1.82, 2.24) is 15.5 Å². The zero-order valence-corrected chi connectivity index (χ0v) is 12.7. The number of piperazine rings is 1. The van der Waals surface area contributed by atoms with Gasteiger partial charge in [0.25, 0.3) is 0 Å². The predicted molar refractivity (Wildman–Crippen MR) is 75.7 cm³/mol. The Morgan fingerprint density at radius 3 is 2.11 bits per heavy atom. The molecule has 0 saturated carbocycles. The molecule has 5 nitrogen and oxygen atoms in total. The zero-order chi connectivity index (χ0) is 14.6. The Bertz CT molecular complexity index is 328. The Hall–Kier alpha value is -1.10. The fourth-order valence-corrected chi connectivity index (χ4v) is 1.95. The summed E-state index contributed by atoms with van der Waals surface area (Å²) < 4.78 is 0. The maximum absolute atomic E-state index is 12.5. The second-order valence-corrected chi connectivity index (χ2v) is 6.52. The van der Waals surface area contributed by atoms with E-state index in [4.69, 9.17) is 0 Å². The van der Waals surface area contributed by atoms with Crippen LogP contribution in [0.2, 0.25) is 0 Å². The van der Waals surface area contributed by atoms with Crippen LogP contribution in [0, 0.1) is 11.3 Å². The second kappa shape index (κ2) is 6.37. The maximum atomic E-state index is 12.5. The minimum atomic E-state index is -0.475. The molecule has 1 atom stereocenters. The highest BCUT2D eigenvalue weighted by atomic mass is 16.2. The number of hydrogen-bond donors (Lipinski definition) is 2. The summed E-state index contributed by atoms with van der Waals surface area (Å²) in [4.78, 5) is 26.4. The molecule has 1 aliphatic heterocycles. The minimum absolute atomic E-state index is 0.0362. The van der Waals surface area contributed by atoms with Crippen molar-refractivity contribution < 1.29 is 9.59 Å². The van der Waals surface area contributed by atoms with Gasteiger partial charge in [-0.2, -0.15) is 0 Å². The highest BCUT2D eigenvalue weighted by Gasteiger charge is 2.32. The van der Waals surface area contributed by atoms with Crippen LogP contribution in [0.25, 0.3) is 0 Å². The number of carbonyl (C=O) groups excluding carboxylic acids is 2. The lowest BCUT2D eigenvalue weighted by atomic mass is 9.93. The average Bonchev–Trinajstić information content (AvgIpc) is 2.34. The van der Waals surface area contributed by atoms with E-state index >= 15 is 0 Å². The fraction of sp³-hybridized carbons (Fsp3) is 0.857. The molecule has 2 N–H and O–H groups in total. The first kappa shape index (κ1) is 16.0. The molecule has 0 aromatic heterocycles. The first-order chi connectivity index (χ1) is 8.73. The molecular formula is C14H27N3O2. The topological polar surface area (TPSA) is 61.4 Å². The van der Waals surface area contributed by atoms with Crippen LogP contribution in [-0.4, -0.2) is 48.9 Å². The van der Waals surface area contributed by atoms with Crippen LogP contribution >= 0.6 is 0 Å². The number of carbonyl (C=O) groups is 2. The quantitative estimate of drug-likeness (QED) is 0.789. The van der Waals surface area contributed by atoms with Crippen LogP contribution in [0.1, 0.15) is 34.6 Å². The van der Waals surface area contributed by atoms with Gasteiger partial charge in [0.1, 0.15) is 6.04 Å². The largest absolute Gasteiger partial charge is 0.344 e. The Labute approximate surface area is 116 Å². The third-order valence-electron chi connectivity index (χ3n) is 3.33.